The first kappa shape index (κ1) is 24.8. The van der Waals surface area contributed by atoms with E-state index in [9.17, 15) is 9.59 Å². The molecule has 7 heteroatoms. The van der Waals surface area contributed by atoms with Crippen molar-refractivity contribution in [2.45, 2.75) is 86.0 Å². The van der Waals surface area contributed by atoms with Crippen LogP contribution in [0.2, 0.25) is 0 Å². The average Bonchev–Trinajstić information content (AvgIpc) is 2.60. The number of halogens is 1. The molecule has 0 spiro atoms. The van der Waals surface area contributed by atoms with Gasteiger partial charge in [0.2, 0.25) is 0 Å². The van der Waals surface area contributed by atoms with Gasteiger partial charge in [0, 0.05) is 24.3 Å². The highest BCUT2D eigenvalue weighted by molar-refractivity contribution is 9.10. The highest BCUT2D eigenvalue weighted by Crippen LogP contribution is 2.43. The Kier molecular flexibility index (Phi) is 7.73. The number of nitrogens with zero attached hydrogens (tertiary/aromatic N) is 2. The Bertz CT molecular complexity index is 789. The van der Waals surface area contributed by atoms with Crippen molar-refractivity contribution in [3.63, 3.8) is 0 Å². The second-order valence-corrected chi connectivity index (χ2v) is 10.8. The molecule has 0 bridgehead atoms. The molecule has 1 aliphatic rings. The van der Waals surface area contributed by atoms with Crippen molar-refractivity contribution in [3.05, 3.63) is 21.4 Å². The zero-order chi connectivity index (χ0) is 22.9. The fourth-order valence-electron chi connectivity index (χ4n) is 3.61. The number of anilines is 1. The van der Waals surface area contributed by atoms with Crippen molar-refractivity contribution in [1.82, 2.24) is 4.98 Å². The number of piperidine rings is 1. The molecule has 2 heterocycles. The number of aryl methyl sites for hydroxylation is 1. The van der Waals surface area contributed by atoms with Crippen LogP contribution in [0.1, 0.15) is 89.2 Å². The van der Waals surface area contributed by atoms with Crippen molar-refractivity contribution in [2.24, 2.45) is 5.41 Å². The van der Waals surface area contributed by atoms with Crippen LogP contribution >= 0.6 is 15.9 Å². The largest absolute Gasteiger partial charge is 0.461 e. The normalized spacial score (nSPS) is 17.7. The topological polar surface area (TPSA) is 68.7 Å². The van der Waals surface area contributed by atoms with E-state index in [1.165, 1.54) is 0 Å². The number of rotatable bonds is 6. The number of pyridine rings is 1. The molecule has 1 fully saturated rings. The molecule has 0 amide bonds. The summed E-state index contributed by atoms with van der Waals surface area (Å²) >= 11 is 3.60. The molecule has 0 radical (unpaired) electrons. The molecular formula is C23H35BrN2O4. The van der Waals surface area contributed by atoms with E-state index in [4.69, 9.17) is 9.47 Å². The minimum Gasteiger partial charge on any atom is -0.461 e. The summed E-state index contributed by atoms with van der Waals surface area (Å²) in [6.07, 6.45) is 1.55. The molecule has 0 saturated carbocycles. The average molecular weight is 483 g/mol. The molecule has 0 aliphatic carbocycles. The molecule has 0 unspecified atom stereocenters. The lowest BCUT2D eigenvalue weighted by Gasteiger charge is -2.40. The van der Waals surface area contributed by atoms with Crippen LogP contribution in [-0.4, -0.2) is 42.0 Å². The third kappa shape index (κ3) is 6.03. The number of hydrogen-bond acceptors (Lipinski definition) is 6. The van der Waals surface area contributed by atoms with Gasteiger partial charge in [-0.05, 0) is 75.7 Å². The fourth-order valence-corrected chi connectivity index (χ4v) is 4.26. The summed E-state index contributed by atoms with van der Waals surface area (Å²) in [5.41, 5.74) is 2.06. The molecule has 1 aliphatic heterocycles. The second-order valence-electron chi connectivity index (χ2n) is 10.0. The lowest BCUT2D eigenvalue weighted by molar-refractivity contribution is -0.171. The lowest BCUT2D eigenvalue weighted by atomic mass is 9.82. The Morgan fingerprint density at radius 1 is 1.23 bits per heavy atom. The SMILES string of the molecule is Cc1nc(C=O)c(Br)c(N2CCC(C)(C)CC2)c1[C@H](OC(C)(C)C)C(=O)OC(C)C. The van der Waals surface area contributed by atoms with E-state index in [2.05, 4.69) is 39.7 Å². The van der Waals surface area contributed by atoms with Gasteiger partial charge in [-0.3, -0.25) is 4.79 Å². The van der Waals surface area contributed by atoms with Gasteiger partial charge in [0.1, 0.15) is 5.69 Å². The Morgan fingerprint density at radius 3 is 2.27 bits per heavy atom. The molecule has 1 atom stereocenters. The Balaban J connectivity index is 2.66. The second kappa shape index (κ2) is 9.35. The van der Waals surface area contributed by atoms with Gasteiger partial charge in [-0.15, -0.1) is 0 Å². The predicted octanol–water partition coefficient (Wildman–Crippen LogP) is 5.40. The highest BCUT2D eigenvalue weighted by atomic mass is 79.9. The van der Waals surface area contributed by atoms with Crippen LogP contribution < -0.4 is 4.90 Å². The molecule has 0 aromatic carbocycles. The summed E-state index contributed by atoms with van der Waals surface area (Å²) in [6, 6.07) is 0. The van der Waals surface area contributed by atoms with Crippen LogP contribution in [0, 0.1) is 12.3 Å². The summed E-state index contributed by atoms with van der Waals surface area (Å²) < 4.78 is 12.4. The van der Waals surface area contributed by atoms with Gasteiger partial charge in [-0.2, -0.15) is 0 Å². The van der Waals surface area contributed by atoms with E-state index in [0.29, 0.717) is 21.4 Å². The van der Waals surface area contributed by atoms with Gasteiger partial charge in [0.05, 0.1) is 21.9 Å². The van der Waals surface area contributed by atoms with Crippen LogP contribution in [0.5, 0.6) is 0 Å². The first-order valence-corrected chi connectivity index (χ1v) is 11.3. The van der Waals surface area contributed by atoms with E-state index in [1.54, 1.807) is 0 Å². The standard InChI is InChI=1S/C23H35BrN2O4/c1-14(2)29-21(28)20(30-22(4,5)6)17-15(3)25-16(13-27)18(24)19(17)26-11-9-23(7,8)10-12-26/h13-14,20H,9-12H2,1-8H3/t20-/m0/s1. The van der Waals surface area contributed by atoms with Crippen LogP contribution in [0.3, 0.4) is 0 Å². The van der Waals surface area contributed by atoms with E-state index in [-0.39, 0.29) is 11.5 Å². The number of carbonyl (C=O) groups excluding carboxylic acids is 2. The van der Waals surface area contributed by atoms with Crippen LogP contribution in [0.25, 0.3) is 0 Å². The zero-order valence-electron chi connectivity index (χ0n) is 19.5. The number of aromatic nitrogens is 1. The predicted molar refractivity (Wildman–Crippen MR) is 122 cm³/mol. The van der Waals surface area contributed by atoms with Crippen LogP contribution in [0.15, 0.2) is 4.47 Å². The number of carbonyl (C=O) groups is 2. The molecule has 30 heavy (non-hydrogen) atoms. The maximum Gasteiger partial charge on any atom is 0.340 e. The van der Waals surface area contributed by atoms with Gasteiger partial charge >= 0.3 is 5.97 Å². The number of esters is 1. The quantitative estimate of drug-likeness (QED) is 0.399. The van der Waals surface area contributed by atoms with Gasteiger partial charge < -0.3 is 14.4 Å². The Morgan fingerprint density at radius 2 is 1.80 bits per heavy atom. The highest BCUT2D eigenvalue weighted by Gasteiger charge is 2.37. The Labute approximate surface area is 188 Å². The maximum absolute atomic E-state index is 13.1. The van der Waals surface area contributed by atoms with E-state index >= 15 is 0 Å². The van der Waals surface area contributed by atoms with Crippen molar-refractivity contribution >= 4 is 33.9 Å². The number of hydrogen-bond donors (Lipinski definition) is 0. The fraction of sp³-hybridized carbons (Fsp3) is 0.696. The monoisotopic (exact) mass is 482 g/mol. The summed E-state index contributed by atoms with van der Waals surface area (Å²) in [5.74, 6) is -0.450. The summed E-state index contributed by atoms with van der Waals surface area (Å²) in [4.78, 5) is 31.5. The third-order valence-corrected chi connectivity index (χ3v) is 5.99. The van der Waals surface area contributed by atoms with E-state index in [0.717, 1.165) is 37.9 Å². The first-order valence-electron chi connectivity index (χ1n) is 10.5. The smallest absolute Gasteiger partial charge is 0.340 e. The van der Waals surface area contributed by atoms with Gasteiger partial charge in [0.25, 0.3) is 0 Å². The van der Waals surface area contributed by atoms with Crippen LogP contribution in [0.4, 0.5) is 5.69 Å². The van der Waals surface area contributed by atoms with Gasteiger partial charge in [-0.1, -0.05) is 13.8 Å². The zero-order valence-corrected chi connectivity index (χ0v) is 21.1. The summed E-state index contributed by atoms with van der Waals surface area (Å²) in [5, 5.41) is 0. The van der Waals surface area contributed by atoms with Crippen molar-refractivity contribution < 1.29 is 19.1 Å². The molecule has 2 rings (SSSR count). The van der Waals surface area contributed by atoms with Gasteiger partial charge in [0.15, 0.2) is 12.4 Å². The molecule has 168 valence electrons. The third-order valence-electron chi connectivity index (χ3n) is 5.21. The molecule has 1 aromatic rings. The summed E-state index contributed by atoms with van der Waals surface area (Å²) in [6.45, 7) is 17.3. The minimum atomic E-state index is -0.943. The Hall–Kier alpha value is -1.47. The van der Waals surface area contributed by atoms with Gasteiger partial charge in [-0.25, -0.2) is 9.78 Å². The van der Waals surface area contributed by atoms with Crippen LogP contribution in [-0.2, 0) is 14.3 Å². The lowest BCUT2D eigenvalue weighted by Crippen LogP contribution is -2.39. The first-order chi connectivity index (χ1) is 13.8. The maximum atomic E-state index is 13.1. The van der Waals surface area contributed by atoms with Crippen molar-refractivity contribution in [1.29, 1.82) is 0 Å². The molecule has 1 saturated heterocycles. The summed E-state index contributed by atoms with van der Waals surface area (Å²) in [7, 11) is 0. The van der Waals surface area contributed by atoms with E-state index < -0.39 is 17.7 Å². The van der Waals surface area contributed by atoms with Crippen molar-refractivity contribution in [2.75, 3.05) is 18.0 Å². The molecular weight excluding hydrogens is 448 g/mol. The number of aldehydes is 1. The molecule has 0 N–H and O–H groups in total. The minimum absolute atomic E-state index is 0.261. The van der Waals surface area contributed by atoms with E-state index in [1.807, 2.05) is 41.5 Å². The molecule has 6 nitrogen and oxygen atoms in total. The number of ether oxygens (including phenoxy) is 2. The van der Waals surface area contributed by atoms with Crippen molar-refractivity contribution in [3.8, 4) is 0 Å². The molecule has 1 aromatic heterocycles.